The number of anilines is 1. The summed E-state index contributed by atoms with van der Waals surface area (Å²) in [6, 6.07) is 3.72. The predicted octanol–water partition coefficient (Wildman–Crippen LogP) is 3.78. The van der Waals surface area contributed by atoms with Gasteiger partial charge in [0, 0.05) is 15.7 Å². The second-order valence-corrected chi connectivity index (χ2v) is 5.36. The van der Waals surface area contributed by atoms with Gasteiger partial charge in [-0.25, -0.2) is 0 Å². The van der Waals surface area contributed by atoms with Gasteiger partial charge in [-0.05, 0) is 58.6 Å². The van der Waals surface area contributed by atoms with Crippen molar-refractivity contribution in [3.63, 3.8) is 0 Å². The second kappa shape index (κ2) is 4.68. The van der Waals surface area contributed by atoms with Crippen LogP contribution >= 0.6 is 27.5 Å². The van der Waals surface area contributed by atoms with E-state index in [-0.39, 0.29) is 0 Å². The third-order valence-corrected chi connectivity index (χ3v) is 4.33. The van der Waals surface area contributed by atoms with Crippen LogP contribution in [0.2, 0.25) is 5.02 Å². The minimum atomic E-state index is 0.546. The van der Waals surface area contributed by atoms with Crippen molar-refractivity contribution < 1.29 is 0 Å². The first-order chi connectivity index (χ1) is 7.63. The molecule has 86 valence electrons. The van der Waals surface area contributed by atoms with Gasteiger partial charge in [0.1, 0.15) is 0 Å². The Bertz CT molecular complexity index is 439. The van der Waals surface area contributed by atoms with Crippen LogP contribution in [-0.4, -0.2) is 0 Å². The van der Waals surface area contributed by atoms with Crippen LogP contribution in [0.15, 0.2) is 22.8 Å². The van der Waals surface area contributed by atoms with Gasteiger partial charge in [0.2, 0.25) is 0 Å². The molecule has 0 unspecified atom stereocenters. The number of nitrogen functional groups attached to an aromatic ring is 1. The number of hydrogen-bond acceptors (Lipinski definition) is 2. The molecule has 1 aliphatic carbocycles. The van der Waals surface area contributed by atoms with Gasteiger partial charge < -0.3 is 11.5 Å². The van der Waals surface area contributed by atoms with Crippen LogP contribution < -0.4 is 11.5 Å². The molecule has 2 nitrogen and oxygen atoms in total. The number of hydrogen-bond donors (Lipinski definition) is 2. The molecule has 0 atom stereocenters. The Hall–Kier alpha value is -0.670. The molecule has 0 aliphatic heterocycles. The van der Waals surface area contributed by atoms with Crippen LogP contribution in [0.25, 0.3) is 5.57 Å². The molecule has 1 aromatic carbocycles. The summed E-state index contributed by atoms with van der Waals surface area (Å²) in [4.78, 5) is 0. The van der Waals surface area contributed by atoms with E-state index in [4.69, 9.17) is 23.1 Å². The molecular weight excluding hydrogens is 288 g/mol. The fourth-order valence-corrected chi connectivity index (χ4v) is 2.50. The summed E-state index contributed by atoms with van der Waals surface area (Å²) in [7, 11) is 0. The molecule has 0 bridgehead atoms. The maximum atomic E-state index is 6.08. The standard InChI is InChI=1S/C12H14BrClN2/c13-10-5-12(16)8(4-11(10)14)9(6-15)7-2-1-3-7/h4-7H,1-3,15-16H2/b9-6-. The van der Waals surface area contributed by atoms with Crippen molar-refractivity contribution >= 4 is 38.8 Å². The summed E-state index contributed by atoms with van der Waals surface area (Å²) in [6.07, 6.45) is 5.32. The van der Waals surface area contributed by atoms with Crippen molar-refractivity contribution in [3.05, 3.63) is 33.4 Å². The molecule has 0 heterocycles. The Labute approximate surface area is 109 Å². The van der Waals surface area contributed by atoms with E-state index < -0.39 is 0 Å². The van der Waals surface area contributed by atoms with Gasteiger partial charge in [-0.3, -0.25) is 0 Å². The molecule has 4 heteroatoms. The Morgan fingerprint density at radius 1 is 1.44 bits per heavy atom. The summed E-state index contributed by atoms with van der Waals surface area (Å²) in [5, 5.41) is 0.669. The molecule has 0 spiro atoms. The largest absolute Gasteiger partial charge is 0.404 e. The first-order valence-electron chi connectivity index (χ1n) is 5.30. The maximum absolute atomic E-state index is 6.08. The van der Waals surface area contributed by atoms with E-state index in [1.165, 1.54) is 19.3 Å². The molecule has 0 saturated heterocycles. The topological polar surface area (TPSA) is 52.0 Å². The van der Waals surface area contributed by atoms with Crippen molar-refractivity contribution in [2.45, 2.75) is 19.3 Å². The van der Waals surface area contributed by atoms with Crippen molar-refractivity contribution in [1.29, 1.82) is 0 Å². The summed E-state index contributed by atoms with van der Waals surface area (Å²) in [6.45, 7) is 0. The van der Waals surface area contributed by atoms with E-state index in [2.05, 4.69) is 15.9 Å². The molecule has 1 saturated carbocycles. The van der Waals surface area contributed by atoms with E-state index in [0.29, 0.717) is 10.9 Å². The van der Waals surface area contributed by atoms with Crippen LogP contribution in [0.5, 0.6) is 0 Å². The molecule has 0 radical (unpaired) electrons. The quantitative estimate of drug-likeness (QED) is 0.817. The fraction of sp³-hybridized carbons (Fsp3) is 0.333. The number of rotatable bonds is 2. The zero-order chi connectivity index (χ0) is 11.7. The van der Waals surface area contributed by atoms with Crippen LogP contribution in [0, 0.1) is 5.92 Å². The molecule has 0 aromatic heterocycles. The Balaban J connectivity index is 2.41. The highest BCUT2D eigenvalue weighted by Gasteiger charge is 2.24. The molecular formula is C12H14BrClN2. The van der Waals surface area contributed by atoms with E-state index >= 15 is 0 Å². The SMILES string of the molecule is N/C=C(\c1cc(Cl)c(Br)cc1N)C1CCC1. The summed E-state index contributed by atoms with van der Waals surface area (Å²) >= 11 is 9.44. The minimum absolute atomic E-state index is 0.546. The van der Waals surface area contributed by atoms with Crippen LogP contribution in [0.1, 0.15) is 24.8 Å². The normalized spacial score (nSPS) is 17.2. The van der Waals surface area contributed by atoms with Crippen LogP contribution in [0.4, 0.5) is 5.69 Å². The number of benzene rings is 1. The van der Waals surface area contributed by atoms with Gasteiger partial charge in [-0.2, -0.15) is 0 Å². The average Bonchev–Trinajstić information content (AvgIpc) is 2.17. The first-order valence-corrected chi connectivity index (χ1v) is 6.47. The molecule has 4 N–H and O–H groups in total. The minimum Gasteiger partial charge on any atom is -0.404 e. The van der Waals surface area contributed by atoms with E-state index in [0.717, 1.165) is 21.3 Å². The second-order valence-electron chi connectivity index (χ2n) is 4.10. The fourth-order valence-electron chi connectivity index (χ4n) is 1.98. The van der Waals surface area contributed by atoms with Gasteiger partial charge in [-0.15, -0.1) is 0 Å². The highest BCUT2D eigenvalue weighted by Crippen LogP contribution is 2.41. The first kappa shape index (κ1) is 11.8. The molecule has 1 fully saturated rings. The van der Waals surface area contributed by atoms with Gasteiger partial charge >= 0.3 is 0 Å². The van der Waals surface area contributed by atoms with Crippen molar-refractivity contribution in [3.8, 4) is 0 Å². The third-order valence-electron chi connectivity index (χ3n) is 3.13. The molecule has 16 heavy (non-hydrogen) atoms. The lowest BCUT2D eigenvalue weighted by molar-refractivity contribution is 0.400. The lowest BCUT2D eigenvalue weighted by atomic mass is 9.77. The monoisotopic (exact) mass is 300 g/mol. The van der Waals surface area contributed by atoms with Crippen molar-refractivity contribution in [2.24, 2.45) is 11.7 Å². The summed E-state index contributed by atoms with van der Waals surface area (Å²) < 4.78 is 0.820. The zero-order valence-corrected chi connectivity index (χ0v) is 11.2. The molecule has 1 aliphatic rings. The number of halogens is 2. The average molecular weight is 302 g/mol. The number of nitrogens with two attached hydrogens (primary N) is 2. The zero-order valence-electron chi connectivity index (χ0n) is 8.84. The number of allylic oxidation sites excluding steroid dienone is 1. The predicted molar refractivity (Wildman–Crippen MR) is 73.1 cm³/mol. The Morgan fingerprint density at radius 3 is 2.62 bits per heavy atom. The van der Waals surface area contributed by atoms with Crippen LogP contribution in [0.3, 0.4) is 0 Å². The summed E-state index contributed by atoms with van der Waals surface area (Å²) in [5.41, 5.74) is 14.5. The highest BCUT2D eigenvalue weighted by molar-refractivity contribution is 9.10. The maximum Gasteiger partial charge on any atom is 0.0555 e. The van der Waals surface area contributed by atoms with Crippen molar-refractivity contribution in [2.75, 3.05) is 5.73 Å². The third kappa shape index (κ3) is 2.06. The van der Waals surface area contributed by atoms with E-state index in [1.54, 1.807) is 6.20 Å². The molecule has 1 aromatic rings. The smallest absolute Gasteiger partial charge is 0.0555 e. The van der Waals surface area contributed by atoms with Crippen molar-refractivity contribution in [1.82, 2.24) is 0 Å². The Kier molecular flexibility index (Phi) is 3.45. The lowest BCUT2D eigenvalue weighted by Crippen LogP contribution is -2.15. The lowest BCUT2D eigenvalue weighted by Gasteiger charge is -2.29. The van der Waals surface area contributed by atoms with Gasteiger partial charge in [0.05, 0.1) is 5.02 Å². The summed E-state index contributed by atoms with van der Waals surface area (Å²) in [5.74, 6) is 0.546. The van der Waals surface area contributed by atoms with Gasteiger partial charge in [-0.1, -0.05) is 18.0 Å². The van der Waals surface area contributed by atoms with E-state index in [1.807, 2.05) is 12.1 Å². The van der Waals surface area contributed by atoms with Crippen LogP contribution in [-0.2, 0) is 0 Å². The Morgan fingerprint density at radius 2 is 2.12 bits per heavy atom. The molecule has 2 rings (SSSR count). The van der Waals surface area contributed by atoms with Gasteiger partial charge in [0.15, 0.2) is 0 Å². The van der Waals surface area contributed by atoms with Gasteiger partial charge in [0.25, 0.3) is 0 Å². The highest BCUT2D eigenvalue weighted by atomic mass is 79.9. The molecule has 0 amide bonds. The van der Waals surface area contributed by atoms with E-state index in [9.17, 15) is 0 Å².